The number of carboxylic acids is 1. The second-order valence-electron chi connectivity index (χ2n) is 6.81. The highest BCUT2D eigenvalue weighted by molar-refractivity contribution is 5.86. The molecule has 0 amide bonds. The van der Waals surface area contributed by atoms with Crippen LogP contribution < -0.4 is 15.7 Å². The molecule has 1 aromatic heterocycles. The number of H-pyrrole nitrogens is 1. The van der Waals surface area contributed by atoms with Gasteiger partial charge in [-0.2, -0.15) is 10.4 Å². The van der Waals surface area contributed by atoms with E-state index in [1.807, 2.05) is 6.07 Å². The van der Waals surface area contributed by atoms with Crippen molar-refractivity contribution >= 4 is 23.8 Å². The van der Waals surface area contributed by atoms with Crippen LogP contribution in [0.1, 0.15) is 24.0 Å². The molecule has 0 aliphatic rings. The third kappa shape index (κ3) is 6.01. The maximum atomic E-state index is 12.3. The molecule has 2 aromatic carbocycles. The largest absolute Gasteiger partial charge is 0.494 e. The monoisotopic (exact) mass is 462 g/mol. The number of hydrazone groups is 1. The average molecular weight is 462 g/mol. The van der Waals surface area contributed by atoms with Gasteiger partial charge in [-0.25, -0.2) is 10.4 Å². The first-order valence-electron chi connectivity index (χ1n) is 9.91. The van der Waals surface area contributed by atoms with Crippen molar-refractivity contribution in [3.05, 3.63) is 80.1 Å². The zero-order valence-corrected chi connectivity index (χ0v) is 17.6. The second kappa shape index (κ2) is 11.0. The summed E-state index contributed by atoms with van der Waals surface area (Å²) in [7, 11) is 0. The van der Waals surface area contributed by atoms with Crippen LogP contribution in [0.5, 0.6) is 5.75 Å². The molecule has 0 radical (unpaired) electrons. The molecule has 172 valence electrons. The maximum absolute atomic E-state index is 12.3. The Morgan fingerprint density at radius 2 is 2.09 bits per heavy atom. The lowest BCUT2D eigenvalue weighted by molar-refractivity contribution is -0.385. The number of nitriles is 1. The Kier molecular flexibility index (Phi) is 7.64. The highest BCUT2D eigenvalue weighted by Gasteiger charge is 2.15. The zero-order chi connectivity index (χ0) is 24.5. The Hall–Kier alpha value is -5.05. The van der Waals surface area contributed by atoms with Crippen LogP contribution in [0.2, 0.25) is 0 Å². The lowest BCUT2D eigenvalue weighted by atomic mass is 10.1. The Morgan fingerprint density at radius 1 is 1.32 bits per heavy atom. The lowest BCUT2D eigenvalue weighted by Gasteiger charge is -2.07. The standard InChI is InChI=1S/C22H18N6O6/c23-12-17-20(14-5-2-1-3-6-14)25-22(26-21(17)31)27-24-13-15-11-16(8-9-18(15)28(32)33)34-10-4-7-19(29)30/h1-3,5-6,8-9,11,13H,4,7,10H2,(H,29,30)(H2,25,26,27,31). The predicted octanol–water partition coefficient (Wildman–Crippen LogP) is 2.91. The third-order valence-electron chi connectivity index (χ3n) is 4.45. The van der Waals surface area contributed by atoms with Crippen LogP contribution >= 0.6 is 0 Å². The minimum Gasteiger partial charge on any atom is -0.494 e. The summed E-state index contributed by atoms with van der Waals surface area (Å²) in [5.41, 5.74) is 2.26. The Bertz CT molecular complexity index is 1330. The summed E-state index contributed by atoms with van der Waals surface area (Å²) in [4.78, 5) is 40.3. The first-order chi connectivity index (χ1) is 16.4. The van der Waals surface area contributed by atoms with E-state index in [1.165, 1.54) is 18.2 Å². The number of rotatable bonds is 10. The molecular weight excluding hydrogens is 444 g/mol. The summed E-state index contributed by atoms with van der Waals surface area (Å²) in [5.74, 6) is -0.715. The van der Waals surface area contributed by atoms with Gasteiger partial charge in [-0.05, 0) is 18.6 Å². The van der Waals surface area contributed by atoms with E-state index in [2.05, 4.69) is 20.5 Å². The Morgan fingerprint density at radius 3 is 2.76 bits per heavy atom. The van der Waals surface area contributed by atoms with Crippen molar-refractivity contribution < 1.29 is 19.6 Å². The van der Waals surface area contributed by atoms with E-state index in [0.717, 1.165) is 6.21 Å². The van der Waals surface area contributed by atoms with E-state index in [9.17, 15) is 25.0 Å². The molecule has 0 bridgehead atoms. The molecule has 0 unspecified atom stereocenters. The highest BCUT2D eigenvalue weighted by atomic mass is 16.6. The molecule has 3 N–H and O–H groups in total. The summed E-state index contributed by atoms with van der Waals surface area (Å²) in [5, 5.41) is 33.3. The van der Waals surface area contributed by atoms with Gasteiger partial charge in [0.15, 0.2) is 0 Å². The van der Waals surface area contributed by atoms with Gasteiger partial charge in [-0.3, -0.25) is 24.7 Å². The van der Waals surface area contributed by atoms with Gasteiger partial charge in [0.2, 0.25) is 5.95 Å². The number of ether oxygens (including phenoxy) is 1. The molecule has 0 spiro atoms. The van der Waals surface area contributed by atoms with E-state index in [1.54, 1.807) is 30.3 Å². The molecule has 3 rings (SSSR count). The van der Waals surface area contributed by atoms with Gasteiger partial charge < -0.3 is 9.84 Å². The van der Waals surface area contributed by atoms with Crippen LogP contribution in [0, 0.1) is 21.4 Å². The number of aromatic nitrogens is 2. The molecule has 0 atom stereocenters. The van der Waals surface area contributed by atoms with Crippen molar-refractivity contribution in [1.29, 1.82) is 5.26 Å². The SMILES string of the molecule is N#Cc1c(-c2ccccc2)nc(NN=Cc2cc(OCCCC(=O)O)ccc2[N+](=O)[O-])[nH]c1=O. The molecule has 12 nitrogen and oxygen atoms in total. The van der Waals surface area contributed by atoms with Gasteiger partial charge in [0.1, 0.15) is 17.4 Å². The molecule has 0 saturated carbocycles. The number of benzene rings is 2. The Balaban J connectivity index is 1.83. The molecule has 0 fully saturated rings. The number of nitrogens with one attached hydrogen (secondary N) is 2. The summed E-state index contributed by atoms with van der Waals surface area (Å²) in [6.07, 6.45) is 1.37. The average Bonchev–Trinajstić information content (AvgIpc) is 2.82. The minimum absolute atomic E-state index is 0.0635. The first kappa shape index (κ1) is 23.6. The molecular formula is C22H18N6O6. The summed E-state index contributed by atoms with van der Waals surface area (Å²) >= 11 is 0. The number of aliphatic carboxylic acids is 1. The van der Waals surface area contributed by atoms with Crippen molar-refractivity contribution in [3.63, 3.8) is 0 Å². The molecule has 3 aromatic rings. The number of hydrogen-bond acceptors (Lipinski definition) is 9. The second-order valence-corrected chi connectivity index (χ2v) is 6.81. The van der Waals surface area contributed by atoms with E-state index >= 15 is 0 Å². The third-order valence-corrected chi connectivity index (χ3v) is 4.45. The number of carbonyl (C=O) groups is 1. The Labute approximate surface area is 192 Å². The number of nitro benzene ring substituents is 1. The summed E-state index contributed by atoms with van der Waals surface area (Å²) in [6, 6.07) is 14.5. The van der Waals surface area contributed by atoms with Crippen molar-refractivity contribution in [2.75, 3.05) is 12.0 Å². The van der Waals surface area contributed by atoms with Crippen LogP contribution in [-0.2, 0) is 4.79 Å². The van der Waals surface area contributed by atoms with Gasteiger partial charge >= 0.3 is 5.97 Å². The first-order valence-corrected chi connectivity index (χ1v) is 9.91. The van der Waals surface area contributed by atoms with Crippen molar-refractivity contribution in [3.8, 4) is 23.1 Å². The zero-order valence-electron chi connectivity index (χ0n) is 17.6. The number of aromatic amines is 1. The molecule has 12 heteroatoms. The lowest BCUT2D eigenvalue weighted by Crippen LogP contribution is -2.16. The number of nitrogens with zero attached hydrogens (tertiary/aromatic N) is 4. The molecule has 0 saturated heterocycles. The normalized spacial score (nSPS) is 10.6. The summed E-state index contributed by atoms with van der Waals surface area (Å²) in [6.45, 7) is 0.123. The van der Waals surface area contributed by atoms with Gasteiger partial charge in [-0.1, -0.05) is 30.3 Å². The maximum Gasteiger partial charge on any atom is 0.303 e. The molecule has 0 aliphatic heterocycles. The number of nitro groups is 1. The predicted molar refractivity (Wildman–Crippen MR) is 122 cm³/mol. The van der Waals surface area contributed by atoms with Gasteiger partial charge in [0.25, 0.3) is 11.2 Å². The van der Waals surface area contributed by atoms with Crippen molar-refractivity contribution in [2.24, 2.45) is 5.10 Å². The van der Waals surface area contributed by atoms with E-state index in [4.69, 9.17) is 9.84 Å². The van der Waals surface area contributed by atoms with E-state index in [-0.39, 0.29) is 47.9 Å². The van der Waals surface area contributed by atoms with Crippen LogP contribution in [0.4, 0.5) is 11.6 Å². The van der Waals surface area contributed by atoms with Gasteiger partial charge in [-0.15, -0.1) is 0 Å². The van der Waals surface area contributed by atoms with Gasteiger partial charge in [0, 0.05) is 18.1 Å². The topological polar surface area (TPSA) is 184 Å². The fourth-order valence-corrected chi connectivity index (χ4v) is 2.90. The minimum atomic E-state index is -0.948. The number of anilines is 1. The van der Waals surface area contributed by atoms with Crippen LogP contribution in [-0.4, -0.2) is 38.8 Å². The number of hydrogen-bond donors (Lipinski definition) is 3. The fourth-order valence-electron chi connectivity index (χ4n) is 2.90. The molecule has 1 heterocycles. The van der Waals surface area contributed by atoms with E-state index in [0.29, 0.717) is 11.3 Å². The van der Waals surface area contributed by atoms with Gasteiger partial charge in [0.05, 0.1) is 29.0 Å². The van der Waals surface area contributed by atoms with Crippen LogP contribution in [0.15, 0.2) is 58.4 Å². The molecule has 34 heavy (non-hydrogen) atoms. The highest BCUT2D eigenvalue weighted by Crippen LogP contribution is 2.23. The smallest absolute Gasteiger partial charge is 0.303 e. The fraction of sp³-hybridized carbons (Fsp3) is 0.136. The number of carboxylic acid groups (broad SMARTS) is 1. The quantitative estimate of drug-likeness (QED) is 0.176. The van der Waals surface area contributed by atoms with Crippen molar-refractivity contribution in [2.45, 2.75) is 12.8 Å². The van der Waals surface area contributed by atoms with Crippen molar-refractivity contribution in [1.82, 2.24) is 9.97 Å². The van der Waals surface area contributed by atoms with E-state index < -0.39 is 16.5 Å². The molecule has 0 aliphatic carbocycles. The summed E-state index contributed by atoms with van der Waals surface area (Å²) < 4.78 is 5.44. The van der Waals surface area contributed by atoms with Crippen LogP contribution in [0.3, 0.4) is 0 Å². The van der Waals surface area contributed by atoms with Crippen LogP contribution in [0.25, 0.3) is 11.3 Å².